The maximum Gasteiger partial charge on any atom is 1.00 e. The van der Waals surface area contributed by atoms with Crippen molar-refractivity contribution in [3.63, 3.8) is 0 Å². The van der Waals surface area contributed by atoms with Gasteiger partial charge < -0.3 is 9.84 Å². The van der Waals surface area contributed by atoms with Gasteiger partial charge in [-0.1, -0.05) is 6.08 Å². The van der Waals surface area contributed by atoms with Crippen LogP contribution in [0.1, 0.15) is 6.92 Å². The van der Waals surface area contributed by atoms with Gasteiger partial charge in [-0.05, 0) is 14.0 Å². The maximum atomic E-state index is 9.90. The Balaban J connectivity index is 0. The van der Waals surface area contributed by atoms with E-state index in [1.54, 1.807) is 6.92 Å². The van der Waals surface area contributed by atoms with Crippen LogP contribution in [0.4, 0.5) is 0 Å². The van der Waals surface area contributed by atoms with E-state index in [0.717, 1.165) is 0 Å². The summed E-state index contributed by atoms with van der Waals surface area (Å²) in [6.45, 7) is 1.63. The van der Waals surface area contributed by atoms with Gasteiger partial charge >= 0.3 is 29.6 Å². The summed E-state index contributed by atoms with van der Waals surface area (Å²) < 4.78 is 4.20. The molecule has 0 heterocycles. The summed E-state index contributed by atoms with van der Waals surface area (Å²) in [4.78, 5) is 0. The Morgan fingerprint density at radius 3 is 2.14 bits per heavy atom. The van der Waals surface area contributed by atoms with Gasteiger partial charge in [0.15, 0.2) is 0 Å². The molecule has 0 unspecified atom stereocenters. The van der Waals surface area contributed by atoms with Crippen LogP contribution in [0.15, 0.2) is 12.0 Å². The Morgan fingerprint density at radius 1 is 1.71 bits per heavy atom. The largest absolute Gasteiger partial charge is 1.00 e. The first kappa shape index (κ1) is 10.3. The molecule has 0 aromatic carbocycles. The molecule has 0 saturated carbocycles. The van der Waals surface area contributed by atoms with Crippen LogP contribution in [0.25, 0.3) is 0 Å². The Morgan fingerprint density at radius 2 is 2.14 bits per heavy atom. The van der Waals surface area contributed by atoms with Crippen molar-refractivity contribution in [3.8, 4) is 0 Å². The molecule has 2 nitrogen and oxygen atoms in total. The Labute approximate surface area is 65.5 Å². The molecule has 0 rings (SSSR count). The molecule has 0 bridgehead atoms. The first-order chi connectivity index (χ1) is 2.81. The second-order valence-electron chi connectivity index (χ2n) is 0.812. The predicted octanol–water partition coefficient (Wildman–Crippen LogP) is -3.14. The third-order valence-corrected chi connectivity index (χ3v) is 0.437. The van der Waals surface area contributed by atoms with Gasteiger partial charge in [-0.15, -0.1) is 0 Å². The fourth-order valence-corrected chi connectivity index (χ4v) is 0.118. The van der Waals surface area contributed by atoms with Crippen molar-refractivity contribution >= 4 is 0 Å². The molecule has 0 spiro atoms. The molecule has 0 saturated heterocycles. The molecule has 0 aromatic rings. The van der Waals surface area contributed by atoms with Crippen LogP contribution < -0.4 is 34.7 Å². The van der Waals surface area contributed by atoms with Crippen LogP contribution in [-0.2, 0) is 4.74 Å². The van der Waals surface area contributed by atoms with Crippen molar-refractivity contribution < 1.29 is 39.4 Å². The summed E-state index contributed by atoms with van der Waals surface area (Å²) in [5.74, 6) is -0.282. The summed E-state index contributed by atoms with van der Waals surface area (Å²) in [7, 11) is 1.35. The van der Waals surface area contributed by atoms with Gasteiger partial charge in [0.25, 0.3) is 0 Å². The fraction of sp³-hybridized carbons (Fsp3) is 0.500. The number of hydrogen-bond donors (Lipinski definition) is 0. The number of methoxy groups -OCH3 is 1. The minimum absolute atomic E-state index is 0. The van der Waals surface area contributed by atoms with Gasteiger partial charge in [-0.3, -0.25) is 0 Å². The van der Waals surface area contributed by atoms with Gasteiger partial charge in [-0.2, -0.15) is 0 Å². The van der Waals surface area contributed by atoms with Gasteiger partial charge in [0, 0.05) is 5.95 Å². The van der Waals surface area contributed by atoms with Crippen molar-refractivity contribution in [2.45, 2.75) is 6.92 Å². The smallest absolute Gasteiger partial charge is 0.617 e. The molecule has 0 atom stereocenters. The normalized spacial score (nSPS) is 9.71. The quantitative estimate of drug-likeness (QED) is 0.264. The molecule has 0 N–H and O–H groups in total. The van der Waals surface area contributed by atoms with Crippen LogP contribution in [0.2, 0.25) is 0 Å². The third kappa shape index (κ3) is 6.34. The molecule has 0 aromatic heterocycles. The van der Waals surface area contributed by atoms with Gasteiger partial charge in [0.1, 0.15) is 0 Å². The monoisotopic (exact) mass is 110 g/mol. The zero-order valence-electron chi connectivity index (χ0n) is 4.89. The van der Waals surface area contributed by atoms with E-state index >= 15 is 0 Å². The predicted molar refractivity (Wildman–Crippen MR) is 20.8 cm³/mol. The molecule has 0 radical (unpaired) electrons. The number of allylic oxidation sites excluding steroid dienone is 1. The fourth-order valence-electron chi connectivity index (χ4n) is 0.118. The van der Waals surface area contributed by atoms with Crippen LogP contribution >= 0.6 is 0 Å². The van der Waals surface area contributed by atoms with E-state index in [-0.39, 0.29) is 35.5 Å². The maximum absolute atomic E-state index is 9.90. The van der Waals surface area contributed by atoms with E-state index in [2.05, 4.69) is 4.74 Å². The molecule has 3 heteroatoms. The average molecular weight is 110 g/mol. The standard InChI is InChI=1S/C4H8O2.Na/c1-3-4(5)6-2;/h3,5H,1-2H3;/q;+1/p-1/b4-3+;. The van der Waals surface area contributed by atoms with Gasteiger partial charge in [0.05, 0.1) is 0 Å². The summed E-state index contributed by atoms with van der Waals surface area (Å²) >= 11 is 0. The van der Waals surface area contributed by atoms with E-state index in [9.17, 15) is 5.11 Å². The minimum Gasteiger partial charge on any atom is -0.617 e. The third-order valence-electron chi connectivity index (χ3n) is 0.437. The van der Waals surface area contributed by atoms with Gasteiger partial charge in [-0.25, -0.2) is 0 Å². The SMILES string of the molecule is C/C=C(\[O-])OC.[Na+]. The Bertz CT molecular complexity index is 60.7. The minimum atomic E-state index is -0.282. The number of ether oxygens (including phenoxy) is 1. The van der Waals surface area contributed by atoms with Crippen LogP contribution in [0.3, 0.4) is 0 Å². The molecule has 0 aliphatic rings. The zero-order chi connectivity index (χ0) is 4.99. The molecule has 0 aliphatic heterocycles. The second-order valence-corrected chi connectivity index (χ2v) is 0.812. The van der Waals surface area contributed by atoms with Crippen molar-refractivity contribution in [2.24, 2.45) is 0 Å². The Hall–Kier alpha value is 0.340. The first-order valence-corrected chi connectivity index (χ1v) is 1.68. The molecular formula is C4H7NaO2. The molecular weight excluding hydrogens is 103 g/mol. The molecule has 0 fully saturated rings. The van der Waals surface area contributed by atoms with E-state index in [1.165, 1.54) is 13.2 Å². The summed E-state index contributed by atoms with van der Waals surface area (Å²) in [5.41, 5.74) is 0. The Kier molecular flexibility index (Phi) is 9.37. The zero-order valence-corrected chi connectivity index (χ0v) is 6.89. The number of rotatable bonds is 1. The number of hydrogen-bond acceptors (Lipinski definition) is 2. The van der Waals surface area contributed by atoms with Crippen molar-refractivity contribution in [1.29, 1.82) is 0 Å². The summed E-state index contributed by atoms with van der Waals surface area (Å²) in [6.07, 6.45) is 1.36. The summed E-state index contributed by atoms with van der Waals surface area (Å²) in [5, 5.41) is 9.90. The van der Waals surface area contributed by atoms with Crippen molar-refractivity contribution in [2.75, 3.05) is 7.11 Å². The van der Waals surface area contributed by atoms with Crippen LogP contribution in [-0.4, -0.2) is 7.11 Å². The topological polar surface area (TPSA) is 32.3 Å². The molecule has 0 aliphatic carbocycles. The molecule has 7 heavy (non-hydrogen) atoms. The summed E-state index contributed by atoms with van der Waals surface area (Å²) in [6, 6.07) is 0. The second kappa shape index (κ2) is 6.34. The van der Waals surface area contributed by atoms with E-state index in [0.29, 0.717) is 0 Å². The molecule has 0 amide bonds. The van der Waals surface area contributed by atoms with Crippen LogP contribution in [0, 0.1) is 0 Å². The first-order valence-electron chi connectivity index (χ1n) is 1.68. The van der Waals surface area contributed by atoms with E-state index in [1.807, 2.05) is 0 Å². The van der Waals surface area contributed by atoms with Gasteiger partial charge in [0.2, 0.25) is 0 Å². The molecule has 36 valence electrons. The van der Waals surface area contributed by atoms with E-state index in [4.69, 9.17) is 0 Å². The average Bonchev–Trinajstić information content (AvgIpc) is 1.65. The van der Waals surface area contributed by atoms with Crippen LogP contribution in [0.5, 0.6) is 0 Å². The van der Waals surface area contributed by atoms with Crippen molar-refractivity contribution in [3.05, 3.63) is 12.0 Å². The van der Waals surface area contributed by atoms with E-state index < -0.39 is 0 Å². The van der Waals surface area contributed by atoms with Crippen molar-refractivity contribution in [1.82, 2.24) is 0 Å².